The first kappa shape index (κ1) is 11.8. The van der Waals surface area contributed by atoms with Crippen molar-refractivity contribution in [3.8, 4) is 0 Å². The maximum atomic E-state index is 10.3. The van der Waals surface area contributed by atoms with E-state index in [9.17, 15) is 9.59 Å². The average Bonchev–Trinajstić information content (AvgIpc) is 2.33. The van der Waals surface area contributed by atoms with E-state index in [1.807, 2.05) is 0 Å². The Morgan fingerprint density at radius 2 is 1.92 bits per heavy atom. The van der Waals surface area contributed by atoms with E-state index in [0.29, 0.717) is 5.75 Å². The van der Waals surface area contributed by atoms with Gasteiger partial charge in [0.1, 0.15) is 6.04 Å². The molecule has 64 valence electrons. The van der Waals surface area contributed by atoms with Gasteiger partial charge in [-0.2, -0.15) is 0 Å². The summed E-state index contributed by atoms with van der Waals surface area (Å²) in [6.45, 7) is 0. The second-order valence-corrected chi connectivity index (χ2v) is 3.25. The van der Waals surface area contributed by atoms with Gasteiger partial charge in [-0.25, -0.2) is 4.79 Å². The molecule has 7 heteroatoms. The average molecular weight is 185 g/mol. The Hall–Kier alpha value is -0.153. The number of thioether (sulfide) groups is 1. The van der Waals surface area contributed by atoms with Crippen molar-refractivity contribution in [2.45, 2.75) is 11.4 Å². The van der Waals surface area contributed by atoms with Gasteiger partial charge < -0.3 is 10.2 Å². The van der Waals surface area contributed by atoms with Crippen LogP contribution in [0.2, 0.25) is 0 Å². The fraction of sp³-hybridized carbons (Fsp3) is 0.600. The van der Waals surface area contributed by atoms with E-state index < -0.39 is 23.4 Å². The standard InChI is InChI=1S/C5H7NO4S.Li.H/c7-4(8)2-1-11-3(6-2)5(9)10;;/h2-3,6H,1H2,(H,7,8)(H,9,10);;. The third-order valence-electron chi connectivity index (χ3n) is 1.30. The van der Waals surface area contributed by atoms with Crippen LogP contribution in [0.15, 0.2) is 0 Å². The van der Waals surface area contributed by atoms with E-state index in [2.05, 4.69) is 5.32 Å². The van der Waals surface area contributed by atoms with Crippen molar-refractivity contribution in [1.29, 1.82) is 0 Å². The van der Waals surface area contributed by atoms with Crippen LogP contribution in [0.3, 0.4) is 0 Å². The van der Waals surface area contributed by atoms with E-state index in [-0.39, 0.29) is 18.9 Å². The van der Waals surface area contributed by atoms with Gasteiger partial charge >= 0.3 is 30.8 Å². The number of carbonyl (C=O) groups is 2. The van der Waals surface area contributed by atoms with Gasteiger partial charge in [-0.05, 0) is 0 Å². The summed E-state index contributed by atoms with van der Waals surface area (Å²) < 4.78 is 0. The Balaban J connectivity index is 0.00000121. The molecule has 2 unspecified atom stereocenters. The number of aliphatic carboxylic acids is 2. The molecular weight excluding hydrogens is 177 g/mol. The molecule has 1 rings (SSSR count). The van der Waals surface area contributed by atoms with E-state index in [1.54, 1.807) is 0 Å². The van der Waals surface area contributed by atoms with Crippen LogP contribution < -0.4 is 5.32 Å². The number of carboxylic acid groups (broad SMARTS) is 2. The summed E-state index contributed by atoms with van der Waals surface area (Å²) >= 11 is 1.10. The van der Waals surface area contributed by atoms with Crippen molar-refractivity contribution in [3.05, 3.63) is 0 Å². The first-order valence-corrected chi connectivity index (χ1v) is 3.99. The van der Waals surface area contributed by atoms with Crippen LogP contribution in [0.5, 0.6) is 0 Å². The first-order chi connectivity index (χ1) is 5.11. The van der Waals surface area contributed by atoms with Crippen LogP contribution in [0.25, 0.3) is 0 Å². The zero-order chi connectivity index (χ0) is 8.43. The van der Waals surface area contributed by atoms with Crippen LogP contribution in [-0.2, 0) is 9.59 Å². The van der Waals surface area contributed by atoms with Gasteiger partial charge in [-0.1, -0.05) is 0 Å². The molecule has 0 spiro atoms. The molecule has 0 aromatic rings. The molecule has 5 nitrogen and oxygen atoms in total. The number of carboxylic acids is 2. The van der Waals surface area contributed by atoms with Gasteiger partial charge in [0.25, 0.3) is 0 Å². The van der Waals surface area contributed by atoms with Gasteiger partial charge in [0, 0.05) is 5.75 Å². The number of nitrogens with one attached hydrogen (secondary N) is 1. The van der Waals surface area contributed by atoms with E-state index in [4.69, 9.17) is 10.2 Å². The number of rotatable bonds is 2. The second kappa shape index (κ2) is 4.77. The molecule has 0 saturated carbocycles. The minimum absolute atomic E-state index is 0. The van der Waals surface area contributed by atoms with Crippen LogP contribution >= 0.6 is 11.8 Å². The van der Waals surface area contributed by atoms with E-state index >= 15 is 0 Å². The molecule has 0 aromatic carbocycles. The van der Waals surface area contributed by atoms with Crippen LogP contribution in [0, 0.1) is 0 Å². The van der Waals surface area contributed by atoms with Crippen molar-refractivity contribution in [3.63, 3.8) is 0 Å². The fourth-order valence-electron chi connectivity index (χ4n) is 0.757. The molecule has 1 fully saturated rings. The van der Waals surface area contributed by atoms with Gasteiger partial charge in [-0.15, -0.1) is 11.8 Å². The van der Waals surface area contributed by atoms with Crippen LogP contribution in [0.1, 0.15) is 0 Å². The van der Waals surface area contributed by atoms with Crippen molar-refractivity contribution >= 4 is 42.6 Å². The summed E-state index contributed by atoms with van der Waals surface area (Å²) in [5.41, 5.74) is 0. The molecule has 0 radical (unpaired) electrons. The van der Waals surface area contributed by atoms with Crippen molar-refractivity contribution in [2.24, 2.45) is 0 Å². The zero-order valence-corrected chi connectivity index (χ0v) is 6.30. The molecule has 1 saturated heterocycles. The monoisotopic (exact) mass is 185 g/mol. The van der Waals surface area contributed by atoms with Crippen molar-refractivity contribution in [2.75, 3.05) is 5.75 Å². The molecule has 1 aliphatic heterocycles. The summed E-state index contributed by atoms with van der Waals surface area (Å²) in [4.78, 5) is 20.6. The Kier molecular flexibility index (Phi) is 4.71. The van der Waals surface area contributed by atoms with Gasteiger partial charge in [0.2, 0.25) is 0 Å². The molecular formula is C5H8LiNO4S. The van der Waals surface area contributed by atoms with Crippen LogP contribution in [-0.4, -0.2) is 58.2 Å². The van der Waals surface area contributed by atoms with Crippen LogP contribution in [0.4, 0.5) is 0 Å². The molecule has 1 aliphatic rings. The number of hydrogen-bond acceptors (Lipinski definition) is 4. The van der Waals surface area contributed by atoms with Gasteiger partial charge in [0.05, 0.1) is 0 Å². The Bertz CT molecular complexity index is 180. The quantitative estimate of drug-likeness (QED) is 0.456. The van der Waals surface area contributed by atoms with E-state index in [1.165, 1.54) is 0 Å². The first-order valence-electron chi connectivity index (χ1n) is 2.94. The molecule has 0 aliphatic carbocycles. The molecule has 1 heterocycles. The molecule has 2 atom stereocenters. The third-order valence-corrected chi connectivity index (χ3v) is 2.50. The number of hydrogen-bond donors (Lipinski definition) is 3. The molecule has 12 heavy (non-hydrogen) atoms. The summed E-state index contributed by atoms with van der Waals surface area (Å²) in [7, 11) is 0. The SMILES string of the molecule is O=C(O)C1CSC(C(=O)O)N1.[LiH]. The topological polar surface area (TPSA) is 86.6 Å². The Morgan fingerprint density at radius 3 is 2.17 bits per heavy atom. The minimum atomic E-state index is -1.02. The molecule has 0 bridgehead atoms. The summed E-state index contributed by atoms with van der Waals surface area (Å²) in [6, 6.07) is -0.721. The second-order valence-electron chi connectivity index (χ2n) is 2.11. The molecule has 0 amide bonds. The zero-order valence-electron chi connectivity index (χ0n) is 5.48. The Labute approximate surface area is 85.1 Å². The normalized spacial score (nSPS) is 27.7. The summed E-state index contributed by atoms with van der Waals surface area (Å²) in [5.74, 6) is -1.70. The van der Waals surface area contributed by atoms with Gasteiger partial charge in [0.15, 0.2) is 5.37 Å². The van der Waals surface area contributed by atoms with E-state index in [0.717, 1.165) is 11.8 Å². The molecule has 3 N–H and O–H groups in total. The van der Waals surface area contributed by atoms with Crippen molar-refractivity contribution < 1.29 is 19.8 Å². The predicted octanol–water partition coefficient (Wildman–Crippen LogP) is -1.46. The summed E-state index contributed by atoms with van der Waals surface area (Å²) in [5, 5.41) is 18.6. The maximum absolute atomic E-state index is 10.3. The van der Waals surface area contributed by atoms with Crippen molar-refractivity contribution in [1.82, 2.24) is 5.32 Å². The summed E-state index contributed by atoms with van der Waals surface area (Å²) in [6.07, 6.45) is 0. The Morgan fingerprint density at radius 1 is 1.33 bits per heavy atom. The predicted molar refractivity (Wildman–Crippen MR) is 45.6 cm³/mol. The third kappa shape index (κ3) is 2.72. The fourth-order valence-corrected chi connectivity index (χ4v) is 1.78. The van der Waals surface area contributed by atoms with Gasteiger partial charge in [-0.3, -0.25) is 10.1 Å². The molecule has 0 aromatic heterocycles.